The maximum absolute atomic E-state index is 11.7. The van der Waals surface area contributed by atoms with Crippen LogP contribution in [0.5, 0.6) is 5.75 Å². The van der Waals surface area contributed by atoms with Crippen molar-refractivity contribution in [1.29, 1.82) is 0 Å². The van der Waals surface area contributed by atoms with E-state index in [0.717, 1.165) is 5.56 Å². The second kappa shape index (κ2) is 6.65. The van der Waals surface area contributed by atoms with Crippen molar-refractivity contribution in [3.05, 3.63) is 54.1 Å². The van der Waals surface area contributed by atoms with E-state index in [-0.39, 0.29) is 12.6 Å². The third-order valence-electron chi connectivity index (χ3n) is 3.07. The van der Waals surface area contributed by atoms with Gasteiger partial charge in [0.1, 0.15) is 5.75 Å². The molecule has 0 unspecified atom stereocenters. The van der Waals surface area contributed by atoms with Crippen LogP contribution in [0.3, 0.4) is 0 Å². The Morgan fingerprint density at radius 3 is 2.05 bits per heavy atom. The second-order valence-electron chi connectivity index (χ2n) is 4.80. The summed E-state index contributed by atoms with van der Waals surface area (Å²) in [6.07, 6.45) is 0. The molecule has 0 aliphatic heterocycles. The van der Waals surface area contributed by atoms with E-state index >= 15 is 0 Å². The van der Waals surface area contributed by atoms with Crippen LogP contribution in [0, 0.1) is 0 Å². The molecule has 0 fully saturated rings. The number of anilines is 2. The highest BCUT2D eigenvalue weighted by molar-refractivity contribution is 5.73. The Hall–Kier alpha value is -2.69. The fourth-order valence-electron chi connectivity index (χ4n) is 1.81. The molecule has 0 bridgehead atoms. The van der Waals surface area contributed by atoms with Gasteiger partial charge in [-0.1, -0.05) is 12.1 Å². The lowest BCUT2D eigenvalue weighted by molar-refractivity contribution is -0.132. The summed E-state index contributed by atoms with van der Waals surface area (Å²) in [6.45, 7) is 2.18. The molecule has 2 aromatic rings. The molecule has 1 amide bonds. The number of ether oxygens (including phenoxy) is 1. The largest absolute Gasteiger partial charge is 0.473 e. The Morgan fingerprint density at radius 1 is 1.00 bits per heavy atom. The van der Waals surface area contributed by atoms with Crippen LogP contribution in [0.4, 0.5) is 11.4 Å². The van der Waals surface area contributed by atoms with Gasteiger partial charge < -0.3 is 21.1 Å². The summed E-state index contributed by atoms with van der Waals surface area (Å²) in [5.41, 5.74) is 13.6. The number of nitrogens with zero attached hydrogens (tertiary/aromatic N) is 1. The van der Waals surface area contributed by atoms with E-state index in [2.05, 4.69) is 0 Å². The number of benzene rings is 2. The van der Waals surface area contributed by atoms with Crippen molar-refractivity contribution in [1.82, 2.24) is 4.90 Å². The van der Waals surface area contributed by atoms with Gasteiger partial charge >= 0.3 is 0 Å². The third kappa shape index (κ3) is 4.42. The summed E-state index contributed by atoms with van der Waals surface area (Å²) in [4.78, 5) is 13.3. The summed E-state index contributed by atoms with van der Waals surface area (Å²) in [7, 11) is 0. The molecule has 5 heteroatoms. The van der Waals surface area contributed by atoms with Gasteiger partial charge in [0.15, 0.2) is 6.73 Å². The summed E-state index contributed by atoms with van der Waals surface area (Å²) >= 11 is 0. The Balaban J connectivity index is 1.97. The van der Waals surface area contributed by atoms with Crippen LogP contribution >= 0.6 is 0 Å². The first kappa shape index (κ1) is 14.7. The lowest BCUT2D eigenvalue weighted by Crippen LogP contribution is -2.32. The van der Waals surface area contributed by atoms with Gasteiger partial charge in [0.2, 0.25) is 5.91 Å². The molecule has 0 saturated carbocycles. The lowest BCUT2D eigenvalue weighted by atomic mass is 10.2. The number of carbonyl (C=O) groups is 1. The zero-order chi connectivity index (χ0) is 15.2. The molecular weight excluding hydrogens is 266 g/mol. The molecule has 2 aromatic carbocycles. The smallest absolute Gasteiger partial charge is 0.222 e. The topological polar surface area (TPSA) is 81.6 Å². The Labute approximate surface area is 124 Å². The zero-order valence-corrected chi connectivity index (χ0v) is 12.0. The van der Waals surface area contributed by atoms with Crippen LogP contribution in [0.25, 0.3) is 0 Å². The first-order chi connectivity index (χ1) is 10.0. The third-order valence-corrected chi connectivity index (χ3v) is 3.07. The minimum absolute atomic E-state index is 0.0535. The van der Waals surface area contributed by atoms with E-state index in [1.807, 2.05) is 24.3 Å². The van der Waals surface area contributed by atoms with E-state index in [1.54, 1.807) is 29.2 Å². The van der Waals surface area contributed by atoms with Crippen LogP contribution in [0.15, 0.2) is 48.5 Å². The molecule has 110 valence electrons. The van der Waals surface area contributed by atoms with Crippen LogP contribution < -0.4 is 16.2 Å². The lowest BCUT2D eigenvalue weighted by Gasteiger charge is -2.21. The number of nitrogens with two attached hydrogens (primary N) is 2. The van der Waals surface area contributed by atoms with E-state index in [1.165, 1.54) is 6.92 Å². The van der Waals surface area contributed by atoms with Gasteiger partial charge in [-0.25, -0.2) is 0 Å². The molecule has 0 aliphatic rings. The van der Waals surface area contributed by atoms with Gasteiger partial charge in [0.05, 0.1) is 0 Å². The maximum Gasteiger partial charge on any atom is 0.222 e. The van der Waals surface area contributed by atoms with Crippen molar-refractivity contribution in [3.8, 4) is 5.75 Å². The van der Waals surface area contributed by atoms with Crippen LogP contribution in [0.1, 0.15) is 12.5 Å². The van der Waals surface area contributed by atoms with Crippen LogP contribution in [-0.4, -0.2) is 17.5 Å². The highest BCUT2D eigenvalue weighted by Gasteiger charge is 2.10. The average Bonchev–Trinajstić information content (AvgIpc) is 2.47. The predicted octanol–water partition coefficient (Wildman–Crippen LogP) is 2.24. The standard InChI is InChI=1S/C16H19N3O2/c1-12(20)19(10-13-2-4-14(17)5-3-13)11-21-16-8-6-15(18)7-9-16/h2-9H,10-11,17-18H2,1H3. The Kier molecular flexibility index (Phi) is 4.66. The molecule has 2 rings (SSSR count). The van der Waals surface area contributed by atoms with Crippen molar-refractivity contribution in [2.24, 2.45) is 0 Å². The van der Waals surface area contributed by atoms with Gasteiger partial charge in [-0.3, -0.25) is 4.79 Å². The van der Waals surface area contributed by atoms with Gasteiger partial charge in [0, 0.05) is 24.8 Å². The van der Waals surface area contributed by atoms with E-state index in [9.17, 15) is 4.79 Å². The second-order valence-corrected chi connectivity index (χ2v) is 4.80. The Morgan fingerprint density at radius 2 is 1.52 bits per heavy atom. The molecule has 0 radical (unpaired) electrons. The van der Waals surface area contributed by atoms with Crippen LogP contribution in [0.2, 0.25) is 0 Å². The quantitative estimate of drug-likeness (QED) is 0.652. The minimum atomic E-state index is -0.0535. The summed E-state index contributed by atoms with van der Waals surface area (Å²) in [5.74, 6) is 0.620. The summed E-state index contributed by atoms with van der Waals surface area (Å²) in [5, 5.41) is 0. The van der Waals surface area contributed by atoms with Crippen molar-refractivity contribution >= 4 is 17.3 Å². The number of nitrogen functional groups attached to an aromatic ring is 2. The predicted molar refractivity (Wildman–Crippen MR) is 83.4 cm³/mol. The van der Waals surface area contributed by atoms with Gasteiger partial charge in [-0.05, 0) is 42.0 Å². The zero-order valence-electron chi connectivity index (χ0n) is 12.0. The molecule has 5 nitrogen and oxygen atoms in total. The first-order valence-electron chi connectivity index (χ1n) is 6.63. The van der Waals surface area contributed by atoms with E-state index in [4.69, 9.17) is 16.2 Å². The van der Waals surface area contributed by atoms with Crippen LogP contribution in [-0.2, 0) is 11.3 Å². The molecule has 4 N–H and O–H groups in total. The number of rotatable bonds is 5. The van der Waals surface area contributed by atoms with Crippen molar-refractivity contribution in [2.75, 3.05) is 18.2 Å². The van der Waals surface area contributed by atoms with Crippen molar-refractivity contribution in [3.63, 3.8) is 0 Å². The molecule has 0 saturated heterocycles. The highest BCUT2D eigenvalue weighted by atomic mass is 16.5. The monoisotopic (exact) mass is 285 g/mol. The molecule has 0 heterocycles. The molecule has 0 aromatic heterocycles. The maximum atomic E-state index is 11.7. The number of amides is 1. The van der Waals surface area contributed by atoms with Crippen molar-refractivity contribution in [2.45, 2.75) is 13.5 Å². The van der Waals surface area contributed by atoms with E-state index < -0.39 is 0 Å². The number of carbonyl (C=O) groups excluding carboxylic acids is 1. The summed E-state index contributed by atoms with van der Waals surface area (Å²) in [6, 6.07) is 14.5. The fraction of sp³-hybridized carbons (Fsp3) is 0.188. The number of hydrogen-bond acceptors (Lipinski definition) is 4. The normalized spacial score (nSPS) is 10.1. The van der Waals surface area contributed by atoms with E-state index in [0.29, 0.717) is 23.7 Å². The Bertz CT molecular complexity index is 594. The minimum Gasteiger partial charge on any atom is -0.473 e. The highest BCUT2D eigenvalue weighted by Crippen LogP contribution is 2.14. The van der Waals surface area contributed by atoms with Gasteiger partial charge in [-0.2, -0.15) is 0 Å². The van der Waals surface area contributed by atoms with Gasteiger partial charge in [-0.15, -0.1) is 0 Å². The molecular formula is C16H19N3O2. The molecule has 21 heavy (non-hydrogen) atoms. The van der Waals surface area contributed by atoms with Gasteiger partial charge in [0.25, 0.3) is 0 Å². The molecule has 0 atom stereocenters. The number of hydrogen-bond donors (Lipinski definition) is 2. The SMILES string of the molecule is CC(=O)N(COc1ccc(N)cc1)Cc1ccc(N)cc1. The fourth-order valence-corrected chi connectivity index (χ4v) is 1.81. The molecule has 0 spiro atoms. The summed E-state index contributed by atoms with van der Waals surface area (Å²) < 4.78 is 5.61. The van der Waals surface area contributed by atoms with Crippen molar-refractivity contribution < 1.29 is 9.53 Å². The molecule has 0 aliphatic carbocycles. The first-order valence-corrected chi connectivity index (χ1v) is 6.63. The average molecular weight is 285 g/mol.